The number of carbonyl (C=O) groups is 2. The number of aromatic nitrogens is 2. The number of nitrogens with one attached hydrogen (secondary N) is 1. The molecule has 1 aliphatic heterocycles. The number of amides is 1. The first kappa shape index (κ1) is 18.2. The van der Waals surface area contributed by atoms with Gasteiger partial charge in [0, 0.05) is 31.9 Å². The molecule has 2 unspecified atom stereocenters. The van der Waals surface area contributed by atoms with Crippen LogP contribution in [0.25, 0.3) is 0 Å². The molecule has 0 aromatic carbocycles. The number of nitrogens with zero attached hydrogens (tertiary/aromatic N) is 3. The summed E-state index contributed by atoms with van der Waals surface area (Å²) in [6, 6.07) is -0.635. The van der Waals surface area contributed by atoms with Crippen molar-refractivity contribution in [2.24, 2.45) is 13.0 Å². The summed E-state index contributed by atoms with van der Waals surface area (Å²) in [7, 11) is 2.99. The third-order valence-corrected chi connectivity index (χ3v) is 4.11. The number of carboxylic acid groups (broad SMARTS) is 1. The van der Waals surface area contributed by atoms with E-state index in [2.05, 4.69) is 10.4 Å². The summed E-state index contributed by atoms with van der Waals surface area (Å²) in [4.78, 5) is 24.8. The second-order valence-corrected chi connectivity index (χ2v) is 5.96. The van der Waals surface area contributed by atoms with Crippen LogP contribution >= 0.6 is 0 Å². The number of halogens is 3. The number of carbonyl (C=O) groups excluding carboxylic acids is 1. The molecule has 134 valence electrons. The van der Waals surface area contributed by atoms with E-state index in [0.29, 0.717) is 12.8 Å². The van der Waals surface area contributed by atoms with Crippen LogP contribution in [0.1, 0.15) is 24.1 Å². The molecule has 2 N–H and O–H groups in total. The predicted molar refractivity (Wildman–Crippen MR) is 76.8 cm³/mol. The minimum atomic E-state index is -4.58. The van der Waals surface area contributed by atoms with Gasteiger partial charge < -0.3 is 10.4 Å². The van der Waals surface area contributed by atoms with E-state index in [9.17, 15) is 22.8 Å². The van der Waals surface area contributed by atoms with Crippen LogP contribution in [0.5, 0.6) is 0 Å². The number of rotatable bonds is 4. The first-order valence-electron chi connectivity index (χ1n) is 7.40. The highest BCUT2D eigenvalue weighted by molar-refractivity contribution is 5.80. The maximum absolute atomic E-state index is 12.9. The summed E-state index contributed by atoms with van der Waals surface area (Å²) in [5.74, 6) is -1.78. The largest absolute Gasteiger partial charge is 0.480 e. The first-order chi connectivity index (χ1) is 11.1. The summed E-state index contributed by atoms with van der Waals surface area (Å²) in [6.45, 7) is -0.0218. The number of likely N-dealkylation sites (tertiary alicyclic amines) is 1. The molecule has 2 atom stereocenters. The van der Waals surface area contributed by atoms with Crippen molar-refractivity contribution in [3.63, 3.8) is 0 Å². The van der Waals surface area contributed by atoms with Gasteiger partial charge >= 0.3 is 12.1 Å². The van der Waals surface area contributed by atoms with Gasteiger partial charge in [0.25, 0.3) is 0 Å². The van der Waals surface area contributed by atoms with Crippen LogP contribution < -0.4 is 5.32 Å². The number of hydrogen-bond acceptors (Lipinski definition) is 4. The van der Waals surface area contributed by atoms with Crippen LogP contribution in [-0.4, -0.2) is 51.3 Å². The molecule has 2 rings (SSSR count). The third kappa shape index (κ3) is 4.05. The molecule has 1 aliphatic rings. The molecule has 10 heteroatoms. The van der Waals surface area contributed by atoms with Crippen molar-refractivity contribution >= 4 is 11.9 Å². The topological polar surface area (TPSA) is 87.5 Å². The Morgan fingerprint density at radius 3 is 2.58 bits per heavy atom. The maximum Gasteiger partial charge on any atom is 0.435 e. The van der Waals surface area contributed by atoms with E-state index in [-0.39, 0.29) is 24.6 Å². The summed E-state index contributed by atoms with van der Waals surface area (Å²) < 4.78 is 39.6. The number of aryl methyl sites for hydroxylation is 1. The Labute approximate surface area is 136 Å². The SMILES string of the molecule is CN1CC(C(=O)NCc2cn(C)nc2C(F)(F)F)CCC1C(=O)O. The highest BCUT2D eigenvalue weighted by atomic mass is 19.4. The van der Waals surface area contributed by atoms with Gasteiger partial charge in [0.1, 0.15) is 6.04 Å². The summed E-state index contributed by atoms with van der Waals surface area (Å²) in [5, 5.41) is 14.9. The Hall–Kier alpha value is -2.10. The van der Waals surface area contributed by atoms with Crippen molar-refractivity contribution in [3.05, 3.63) is 17.5 Å². The minimum absolute atomic E-state index is 0.106. The number of alkyl halides is 3. The molecule has 0 aliphatic carbocycles. The molecule has 24 heavy (non-hydrogen) atoms. The zero-order valence-corrected chi connectivity index (χ0v) is 13.3. The Morgan fingerprint density at radius 2 is 2.04 bits per heavy atom. The van der Waals surface area contributed by atoms with E-state index < -0.39 is 29.8 Å². The third-order valence-electron chi connectivity index (χ3n) is 4.11. The average Bonchev–Trinajstić information content (AvgIpc) is 2.85. The fourth-order valence-electron chi connectivity index (χ4n) is 2.90. The van der Waals surface area contributed by atoms with Gasteiger partial charge in [-0.2, -0.15) is 18.3 Å². The average molecular weight is 348 g/mol. The van der Waals surface area contributed by atoms with Crippen molar-refractivity contribution < 1.29 is 27.9 Å². The van der Waals surface area contributed by atoms with Gasteiger partial charge in [0.05, 0.1) is 5.92 Å². The Bertz CT molecular complexity index is 629. The molecule has 0 spiro atoms. The lowest BCUT2D eigenvalue weighted by Gasteiger charge is -2.33. The zero-order chi connectivity index (χ0) is 18.1. The van der Waals surface area contributed by atoms with E-state index in [4.69, 9.17) is 5.11 Å². The van der Waals surface area contributed by atoms with Crippen LogP contribution in [0, 0.1) is 5.92 Å². The molecule has 0 radical (unpaired) electrons. The lowest BCUT2D eigenvalue weighted by molar-refractivity contribution is -0.146. The minimum Gasteiger partial charge on any atom is -0.480 e. The van der Waals surface area contributed by atoms with E-state index in [1.807, 2.05) is 0 Å². The molecule has 7 nitrogen and oxygen atoms in total. The highest BCUT2D eigenvalue weighted by Gasteiger charge is 2.37. The van der Waals surface area contributed by atoms with Crippen molar-refractivity contribution in [2.45, 2.75) is 31.6 Å². The lowest BCUT2D eigenvalue weighted by Crippen LogP contribution is -2.49. The summed E-state index contributed by atoms with van der Waals surface area (Å²) in [5.41, 5.74) is -1.12. The van der Waals surface area contributed by atoms with E-state index >= 15 is 0 Å². The summed E-state index contributed by atoms with van der Waals surface area (Å²) in [6.07, 6.45) is -2.66. The molecular weight excluding hydrogens is 329 g/mol. The Balaban J connectivity index is 1.96. The summed E-state index contributed by atoms with van der Waals surface area (Å²) >= 11 is 0. The number of aliphatic carboxylic acids is 1. The van der Waals surface area contributed by atoms with Gasteiger partial charge in [-0.1, -0.05) is 0 Å². The van der Waals surface area contributed by atoms with Gasteiger partial charge in [-0.15, -0.1) is 0 Å². The molecule has 1 aromatic rings. The fourth-order valence-corrected chi connectivity index (χ4v) is 2.90. The van der Waals surface area contributed by atoms with E-state index in [1.54, 1.807) is 11.9 Å². The Kier molecular flexibility index (Phi) is 5.16. The Morgan fingerprint density at radius 1 is 1.38 bits per heavy atom. The zero-order valence-electron chi connectivity index (χ0n) is 13.3. The normalized spacial score (nSPS) is 22.4. The van der Waals surface area contributed by atoms with Gasteiger partial charge in [0.15, 0.2) is 5.69 Å². The number of likely N-dealkylation sites (N-methyl/N-ethyl adjacent to an activating group) is 1. The predicted octanol–water partition coefficient (Wildman–Crippen LogP) is 0.850. The molecule has 0 bridgehead atoms. The fraction of sp³-hybridized carbons (Fsp3) is 0.643. The quantitative estimate of drug-likeness (QED) is 0.842. The van der Waals surface area contributed by atoms with Crippen LogP contribution in [0.15, 0.2) is 6.20 Å². The molecule has 1 amide bonds. The van der Waals surface area contributed by atoms with Crippen LogP contribution in [0.3, 0.4) is 0 Å². The molecule has 2 heterocycles. The second-order valence-electron chi connectivity index (χ2n) is 5.96. The van der Waals surface area contributed by atoms with Gasteiger partial charge in [-0.25, -0.2) is 0 Å². The van der Waals surface area contributed by atoms with Crippen LogP contribution in [0.4, 0.5) is 13.2 Å². The second kappa shape index (κ2) is 6.80. The number of carboxylic acids is 1. The molecular formula is C14H19F3N4O3. The van der Waals surface area contributed by atoms with Gasteiger partial charge in [-0.3, -0.25) is 19.2 Å². The monoisotopic (exact) mass is 348 g/mol. The number of hydrogen-bond donors (Lipinski definition) is 2. The molecule has 0 saturated carbocycles. The van der Waals surface area contributed by atoms with Crippen molar-refractivity contribution in [1.29, 1.82) is 0 Å². The van der Waals surface area contributed by atoms with Crippen molar-refractivity contribution in [1.82, 2.24) is 20.0 Å². The van der Waals surface area contributed by atoms with Crippen molar-refractivity contribution in [2.75, 3.05) is 13.6 Å². The smallest absolute Gasteiger partial charge is 0.435 e. The van der Waals surface area contributed by atoms with Crippen LogP contribution in [0.2, 0.25) is 0 Å². The van der Waals surface area contributed by atoms with Crippen molar-refractivity contribution in [3.8, 4) is 0 Å². The highest BCUT2D eigenvalue weighted by Crippen LogP contribution is 2.30. The molecule has 1 fully saturated rings. The van der Waals surface area contributed by atoms with Gasteiger partial charge in [-0.05, 0) is 19.9 Å². The van der Waals surface area contributed by atoms with Crippen LogP contribution in [-0.2, 0) is 29.4 Å². The molecule has 1 saturated heterocycles. The van der Waals surface area contributed by atoms with Gasteiger partial charge in [0.2, 0.25) is 5.91 Å². The number of piperidine rings is 1. The molecule has 1 aromatic heterocycles. The first-order valence-corrected chi connectivity index (χ1v) is 7.40. The standard InChI is InChI=1S/C14H19F3N4O3/c1-20-6-8(3-4-10(20)13(23)24)12(22)18-5-9-7-21(2)19-11(9)14(15,16)17/h7-8,10H,3-6H2,1-2H3,(H,18,22)(H,23,24). The van der Waals surface area contributed by atoms with E-state index in [0.717, 1.165) is 4.68 Å². The maximum atomic E-state index is 12.9. The van der Waals surface area contributed by atoms with E-state index in [1.165, 1.54) is 13.2 Å². The lowest BCUT2D eigenvalue weighted by atomic mass is 9.92.